The molecule has 1 heterocycles. The molecule has 168 valence electrons. The summed E-state index contributed by atoms with van der Waals surface area (Å²) in [5.41, 5.74) is -0.399. The van der Waals surface area contributed by atoms with Gasteiger partial charge in [0, 0.05) is 31.2 Å². The van der Waals surface area contributed by atoms with Crippen LogP contribution in [0.4, 0.5) is 17.6 Å². The molecule has 1 aromatic heterocycles. The number of hydrogen-bond donors (Lipinski definition) is 1. The largest absolute Gasteiger partial charge is 0.438 e. The Morgan fingerprint density at radius 3 is 2.45 bits per heavy atom. The van der Waals surface area contributed by atoms with Gasteiger partial charge >= 0.3 is 5.92 Å². The third-order valence-corrected chi connectivity index (χ3v) is 4.31. The lowest BCUT2D eigenvalue weighted by Gasteiger charge is -2.17. The summed E-state index contributed by atoms with van der Waals surface area (Å²) >= 11 is 0. The highest BCUT2D eigenvalue weighted by molar-refractivity contribution is 7.93. The summed E-state index contributed by atoms with van der Waals surface area (Å²) in [5, 5.41) is 2.88. The molecule has 2 rings (SSSR count). The van der Waals surface area contributed by atoms with Crippen LogP contribution in [-0.2, 0) is 15.8 Å². The predicted octanol–water partition coefficient (Wildman–Crippen LogP) is 3.69. The Morgan fingerprint density at radius 2 is 1.90 bits per heavy atom. The second-order valence-electron chi connectivity index (χ2n) is 6.58. The van der Waals surface area contributed by atoms with Crippen LogP contribution in [0.15, 0.2) is 48.0 Å². The van der Waals surface area contributed by atoms with Crippen LogP contribution in [0.5, 0.6) is 11.6 Å². The lowest BCUT2D eigenvalue weighted by Crippen LogP contribution is -2.35. The maximum atomic E-state index is 13.6. The quantitative estimate of drug-likeness (QED) is 0.572. The highest BCUT2D eigenvalue weighted by Crippen LogP contribution is 2.29. The van der Waals surface area contributed by atoms with Gasteiger partial charge in [-0.15, -0.1) is 0 Å². The third-order valence-electron chi connectivity index (χ3n) is 3.66. The van der Waals surface area contributed by atoms with E-state index in [1.807, 2.05) is 0 Å². The van der Waals surface area contributed by atoms with Crippen molar-refractivity contribution in [2.24, 2.45) is 0 Å². The minimum Gasteiger partial charge on any atom is -0.438 e. The SMILES string of the molecule is CC(F)(F)c1ncc(C(=O)NC(C=CS(C)(=O)=O)CC(F)F)c(Oc2ccccc2)n1. The van der Waals surface area contributed by atoms with E-state index < -0.39 is 57.8 Å². The number of nitrogens with one attached hydrogen (secondary N) is 1. The number of carbonyl (C=O) groups is 1. The van der Waals surface area contributed by atoms with Crippen LogP contribution < -0.4 is 10.1 Å². The Morgan fingerprint density at radius 1 is 1.26 bits per heavy atom. The molecule has 0 aliphatic rings. The molecule has 12 heteroatoms. The molecule has 2 aromatic rings. The van der Waals surface area contributed by atoms with E-state index in [1.54, 1.807) is 18.2 Å². The number of sulfone groups is 1. The van der Waals surface area contributed by atoms with Crippen molar-refractivity contribution in [1.82, 2.24) is 15.3 Å². The normalized spacial score (nSPS) is 13.4. The molecule has 31 heavy (non-hydrogen) atoms. The first-order chi connectivity index (χ1) is 14.3. The molecule has 1 N–H and O–H groups in total. The van der Waals surface area contributed by atoms with Crippen LogP contribution in [0.2, 0.25) is 0 Å². The zero-order valence-corrected chi connectivity index (χ0v) is 17.2. The van der Waals surface area contributed by atoms with Crippen LogP contribution in [-0.4, -0.2) is 43.0 Å². The van der Waals surface area contributed by atoms with Gasteiger partial charge < -0.3 is 10.1 Å². The Labute approximate surface area is 176 Å². The van der Waals surface area contributed by atoms with Crippen molar-refractivity contribution in [3.05, 3.63) is 59.4 Å². The smallest absolute Gasteiger partial charge is 0.303 e. The van der Waals surface area contributed by atoms with Gasteiger partial charge in [-0.05, 0) is 12.1 Å². The van der Waals surface area contributed by atoms with Crippen LogP contribution >= 0.6 is 0 Å². The molecular formula is C19H19F4N3O4S. The number of nitrogens with zero attached hydrogens (tertiary/aromatic N) is 2. The lowest BCUT2D eigenvalue weighted by molar-refractivity contribution is 0.00706. The maximum absolute atomic E-state index is 13.6. The molecule has 0 bridgehead atoms. The average molecular weight is 461 g/mol. The summed E-state index contributed by atoms with van der Waals surface area (Å²) in [6.45, 7) is 0.559. The zero-order chi connectivity index (χ0) is 23.2. The highest BCUT2D eigenvalue weighted by atomic mass is 32.2. The van der Waals surface area contributed by atoms with Gasteiger partial charge in [0.1, 0.15) is 11.3 Å². The first kappa shape index (κ1) is 24.3. The molecule has 1 unspecified atom stereocenters. The fraction of sp³-hybridized carbons (Fsp3) is 0.316. The van der Waals surface area contributed by atoms with Crippen molar-refractivity contribution >= 4 is 15.7 Å². The van der Waals surface area contributed by atoms with Crippen LogP contribution in [0.3, 0.4) is 0 Å². The molecule has 1 aromatic carbocycles. The Kier molecular flexibility index (Phi) is 7.71. The molecule has 0 radical (unpaired) electrons. The van der Waals surface area contributed by atoms with E-state index >= 15 is 0 Å². The van der Waals surface area contributed by atoms with Gasteiger partial charge in [0.25, 0.3) is 5.91 Å². The summed E-state index contributed by atoms with van der Waals surface area (Å²) in [5.74, 6) is -5.68. The number of aromatic nitrogens is 2. The predicted molar refractivity (Wildman–Crippen MR) is 104 cm³/mol. The number of rotatable bonds is 9. The second kappa shape index (κ2) is 9.86. The second-order valence-corrected chi connectivity index (χ2v) is 8.51. The molecule has 0 spiro atoms. The van der Waals surface area contributed by atoms with Crippen LogP contribution in [0.25, 0.3) is 0 Å². The number of halogens is 4. The number of amides is 1. The highest BCUT2D eigenvalue weighted by Gasteiger charge is 2.31. The van der Waals surface area contributed by atoms with Gasteiger partial charge in [-0.2, -0.15) is 13.8 Å². The van der Waals surface area contributed by atoms with E-state index in [0.717, 1.165) is 18.5 Å². The van der Waals surface area contributed by atoms with Crippen molar-refractivity contribution in [3.63, 3.8) is 0 Å². The van der Waals surface area contributed by atoms with Crippen molar-refractivity contribution < 1.29 is 35.5 Å². The van der Waals surface area contributed by atoms with E-state index in [9.17, 15) is 30.8 Å². The number of benzene rings is 1. The van der Waals surface area contributed by atoms with E-state index in [2.05, 4.69) is 15.3 Å². The summed E-state index contributed by atoms with van der Waals surface area (Å²) in [7, 11) is -3.64. The number of para-hydroxylation sites is 1. The van der Waals surface area contributed by atoms with Crippen molar-refractivity contribution in [3.8, 4) is 11.6 Å². The van der Waals surface area contributed by atoms with Gasteiger partial charge in [-0.1, -0.05) is 24.3 Å². The number of ether oxygens (including phenoxy) is 1. The maximum Gasteiger partial charge on any atom is 0.303 e. The minimum absolute atomic E-state index is 0.182. The average Bonchev–Trinajstić information content (AvgIpc) is 2.65. The fourth-order valence-electron chi connectivity index (χ4n) is 2.27. The topological polar surface area (TPSA) is 98.2 Å². The van der Waals surface area contributed by atoms with Crippen LogP contribution in [0.1, 0.15) is 29.5 Å². The Bertz CT molecular complexity index is 1040. The summed E-state index contributed by atoms with van der Waals surface area (Å²) in [6.07, 6.45) is -1.20. The van der Waals surface area contributed by atoms with E-state index in [0.29, 0.717) is 12.3 Å². The van der Waals surface area contributed by atoms with Gasteiger partial charge in [-0.3, -0.25) is 4.79 Å². The molecular weight excluding hydrogens is 442 g/mol. The van der Waals surface area contributed by atoms with Gasteiger partial charge in [0.05, 0.1) is 6.04 Å². The van der Waals surface area contributed by atoms with Crippen molar-refractivity contribution in [1.29, 1.82) is 0 Å². The third kappa shape index (κ3) is 7.96. The fourth-order valence-corrected chi connectivity index (χ4v) is 2.75. The number of carbonyl (C=O) groups excluding carboxylic acids is 1. The summed E-state index contributed by atoms with van der Waals surface area (Å²) < 4.78 is 80.9. The molecule has 1 atom stereocenters. The molecule has 0 aliphatic carbocycles. The molecule has 0 saturated heterocycles. The monoisotopic (exact) mass is 461 g/mol. The molecule has 1 amide bonds. The van der Waals surface area contributed by atoms with Gasteiger partial charge in [-0.25, -0.2) is 22.2 Å². The summed E-state index contributed by atoms with van der Waals surface area (Å²) in [6, 6.07) is 6.48. The molecule has 0 aliphatic heterocycles. The minimum atomic E-state index is -3.64. The first-order valence-corrected chi connectivity index (χ1v) is 10.8. The van der Waals surface area contributed by atoms with Crippen LogP contribution in [0, 0.1) is 0 Å². The van der Waals surface area contributed by atoms with Crippen molar-refractivity contribution in [2.45, 2.75) is 31.7 Å². The standard InChI is InChI=1S/C19H19F4N3O4S/c1-19(22,23)18-24-11-14(17(26-18)30-13-6-4-3-5-7-13)16(27)25-12(10-15(20)21)8-9-31(2,28)29/h3-9,11-12,15H,10H2,1-2H3,(H,25,27). The molecule has 7 nitrogen and oxygen atoms in total. The Hall–Kier alpha value is -3.02. The van der Waals surface area contributed by atoms with E-state index in [-0.39, 0.29) is 5.75 Å². The Balaban J connectivity index is 2.39. The zero-order valence-electron chi connectivity index (χ0n) is 16.4. The van der Waals surface area contributed by atoms with Gasteiger partial charge in [0.15, 0.2) is 9.84 Å². The van der Waals surface area contributed by atoms with E-state index in [4.69, 9.17) is 4.74 Å². The lowest BCUT2D eigenvalue weighted by atomic mass is 10.2. The number of alkyl halides is 4. The molecule has 0 fully saturated rings. The number of hydrogen-bond acceptors (Lipinski definition) is 6. The van der Waals surface area contributed by atoms with Crippen molar-refractivity contribution in [2.75, 3.05) is 6.26 Å². The van der Waals surface area contributed by atoms with E-state index in [1.165, 1.54) is 12.1 Å². The summed E-state index contributed by atoms with van der Waals surface area (Å²) in [4.78, 5) is 19.7. The van der Waals surface area contributed by atoms with Gasteiger partial charge in [0.2, 0.25) is 18.1 Å². The molecule has 0 saturated carbocycles. The first-order valence-electron chi connectivity index (χ1n) is 8.80.